The second-order valence-corrected chi connectivity index (χ2v) is 17.8. The highest BCUT2D eigenvalue weighted by molar-refractivity contribution is 5.71. The average Bonchev–Trinajstić information content (AvgIpc) is 3.18. The summed E-state index contributed by atoms with van der Waals surface area (Å²) in [6.07, 6.45) is 42.3. The molecule has 0 aromatic carbocycles. The number of hydrogen-bond donors (Lipinski definition) is 0. The van der Waals surface area contributed by atoms with Crippen LogP contribution in [0.5, 0.6) is 0 Å². The minimum Gasteiger partial charge on any atom is -0.462 e. The summed E-state index contributed by atoms with van der Waals surface area (Å²) in [5, 5.41) is 0. The highest BCUT2D eigenvalue weighted by atomic mass is 16.6. The zero-order valence-corrected chi connectivity index (χ0v) is 38.3. The molecule has 6 nitrogen and oxygen atoms in total. The topological polar surface area (TPSA) is 78.9 Å². The Morgan fingerprint density at radius 1 is 0.375 bits per heavy atom. The molecule has 0 saturated heterocycles. The number of carbonyl (C=O) groups is 3. The molecule has 0 spiro atoms. The molecule has 0 heterocycles. The van der Waals surface area contributed by atoms with Crippen LogP contribution in [0.25, 0.3) is 0 Å². The van der Waals surface area contributed by atoms with E-state index in [0.717, 1.165) is 69.6 Å². The first kappa shape index (κ1) is 54.4. The van der Waals surface area contributed by atoms with Gasteiger partial charge in [-0.25, -0.2) is 0 Å². The summed E-state index contributed by atoms with van der Waals surface area (Å²) in [7, 11) is 0. The van der Waals surface area contributed by atoms with E-state index in [1.165, 1.54) is 161 Å². The van der Waals surface area contributed by atoms with Gasteiger partial charge in [-0.2, -0.15) is 0 Å². The van der Waals surface area contributed by atoms with E-state index in [4.69, 9.17) is 14.2 Å². The van der Waals surface area contributed by atoms with E-state index in [2.05, 4.69) is 34.6 Å². The Kier molecular flexibility index (Phi) is 41.8. The lowest BCUT2D eigenvalue weighted by Crippen LogP contribution is -2.30. The van der Waals surface area contributed by atoms with Crippen LogP contribution in [0.3, 0.4) is 0 Å². The van der Waals surface area contributed by atoms with E-state index in [9.17, 15) is 14.4 Å². The first-order valence-corrected chi connectivity index (χ1v) is 24.8. The van der Waals surface area contributed by atoms with Crippen molar-refractivity contribution in [1.29, 1.82) is 0 Å². The fourth-order valence-electron chi connectivity index (χ4n) is 7.43. The maximum Gasteiger partial charge on any atom is 0.306 e. The van der Waals surface area contributed by atoms with E-state index in [1.807, 2.05) is 0 Å². The van der Waals surface area contributed by atoms with Gasteiger partial charge in [-0.1, -0.05) is 234 Å². The number of unbranched alkanes of at least 4 members (excludes halogenated alkanes) is 28. The van der Waals surface area contributed by atoms with Gasteiger partial charge in [0.1, 0.15) is 13.2 Å². The average molecular weight is 793 g/mol. The molecule has 2 atom stereocenters. The molecule has 1 unspecified atom stereocenters. The van der Waals surface area contributed by atoms with Crippen molar-refractivity contribution in [3.8, 4) is 0 Å². The molecule has 0 rings (SSSR count). The van der Waals surface area contributed by atoms with Crippen molar-refractivity contribution in [1.82, 2.24) is 0 Å². The van der Waals surface area contributed by atoms with Gasteiger partial charge >= 0.3 is 17.9 Å². The zero-order chi connectivity index (χ0) is 41.2. The van der Waals surface area contributed by atoms with Crippen LogP contribution in [0.1, 0.15) is 272 Å². The summed E-state index contributed by atoms with van der Waals surface area (Å²) >= 11 is 0. The molecule has 0 radical (unpaired) electrons. The predicted octanol–water partition coefficient (Wildman–Crippen LogP) is 15.8. The second-order valence-electron chi connectivity index (χ2n) is 17.8. The van der Waals surface area contributed by atoms with Gasteiger partial charge in [0.05, 0.1) is 0 Å². The molecular formula is C50H96O6. The van der Waals surface area contributed by atoms with Gasteiger partial charge in [0, 0.05) is 19.3 Å². The summed E-state index contributed by atoms with van der Waals surface area (Å²) in [5.74, 6) is 0.807. The molecule has 332 valence electrons. The van der Waals surface area contributed by atoms with Gasteiger partial charge in [-0.15, -0.1) is 0 Å². The molecule has 0 saturated carbocycles. The Hall–Kier alpha value is -1.59. The lowest BCUT2D eigenvalue weighted by atomic mass is 10.00. The fourth-order valence-corrected chi connectivity index (χ4v) is 7.43. The molecule has 6 heteroatoms. The third-order valence-electron chi connectivity index (χ3n) is 11.6. The van der Waals surface area contributed by atoms with Gasteiger partial charge in [0.15, 0.2) is 6.10 Å². The molecule has 0 aliphatic carbocycles. The molecule has 56 heavy (non-hydrogen) atoms. The third-order valence-corrected chi connectivity index (χ3v) is 11.6. The van der Waals surface area contributed by atoms with Crippen LogP contribution in [0, 0.1) is 11.8 Å². The Bertz CT molecular complexity index is 856. The largest absolute Gasteiger partial charge is 0.462 e. The minimum atomic E-state index is -0.761. The molecular weight excluding hydrogens is 697 g/mol. The monoisotopic (exact) mass is 793 g/mol. The quantitative estimate of drug-likeness (QED) is 0.0347. The maximum absolute atomic E-state index is 12.8. The van der Waals surface area contributed by atoms with E-state index in [-0.39, 0.29) is 31.1 Å². The summed E-state index contributed by atoms with van der Waals surface area (Å²) in [5.41, 5.74) is 0. The van der Waals surface area contributed by atoms with Gasteiger partial charge in [0.25, 0.3) is 0 Å². The second kappa shape index (κ2) is 43.0. The van der Waals surface area contributed by atoms with Gasteiger partial charge in [0.2, 0.25) is 0 Å². The molecule has 0 bridgehead atoms. The van der Waals surface area contributed by atoms with Gasteiger partial charge in [-0.3, -0.25) is 14.4 Å². The first-order chi connectivity index (χ1) is 27.3. The number of ether oxygens (including phenoxy) is 3. The summed E-state index contributed by atoms with van der Waals surface area (Å²) in [4.78, 5) is 37.8. The standard InChI is InChI=1S/C50H96O6/c1-6-8-9-10-11-12-21-24-30-35-40-48(51)54-43-47(44-55-49(52)41-36-31-27-26-29-34-39-46(5)7-2)56-50(53)42-37-32-25-22-19-17-15-13-14-16-18-20-23-28-33-38-45(3)4/h45-47H,6-44H2,1-5H3/t46?,47-/m1/s1. The van der Waals surface area contributed by atoms with Crippen molar-refractivity contribution in [3.63, 3.8) is 0 Å². The molecule has 0 aliphatic rings. The van der Waals surface area contributed by atoms with Crippen molar-refractivity contribution >= 4 is 17.9 Å². The van der Waals surface area contributed by atoms with Crippen LogP contribution in [-0.2, 0) is 28.6 Å². The third kappa shape index (κ3) is 42.0. The van der Waals surface area contributed by atoms with Crippen LogP contribution in [0.15, 0.2) is 0 Å². The SMILES string of the molecule is CCCCCCCCCCCCC(=O)OC[C@H](COC(=O)CCCCCCCCC(C)CC)OC(=O)CCCCCCCCCCCCCCCCCC(C)C. The summed E-state index contributed by atoms with van der Waals surface area (Å²) in [6, 6.07) is 0. The van der Waals surface area contributed by atoms with Crippen LogP contribution >= 0.6 is 0 Å². The Labute approximate surface area is 348 Å². The maximum atomic E-state index is 12.8. The molecule has 0 amide bonds. The zero-order valence-electron chi connectivity index (χ0n) is 38.3. The minimum absolute atomic E-state index is 0.0648. The number of carbonyl (C=O) groups excluding carboxylic acids is 3. The number of hydrogen-bond acceptors (Lipinski definition) is 6. The van der Waals surface area contributed by atoms with E-state index in [1.54, 1.807) is 0 Å². The van der Waals surface area contributed by atoms with Crippen molar-refractivity contribution in [3.05, 3.63) is 0 Å². The van der Waals surface area contributed by atoms with Gasteiger partial charge in [-0.05, 0) is 31.1 Å². The summed E-state index contributed by atoms with van der Waals surface area (Å²) < 4.78 is 16.7. The Balaban J connectivity index is 4.27. The number of esters is 3. The van der Waals surface area contributed by atoms with Crippen molar-refractivity contribution in [2.45, 2.75) is 278 Å². The smallest absolute Gasteiger partial charge is 0.306 e. The molecule has 0 aliphatic heterocycles. The van der Waals surface area contributed by atoms with Crippen LogP contribution in [-0.4, -0.2) is 37.2 Å². The van der Waals surface area contributed by atoms with Crippen LogP contribution < -0.4 is 0 Å². The summed E-state index contributed by atoms with van der Waals surface area (Å²) in [6.45, 7) is 11.3. The van der Waals surface area contributed by atoms with Crippen molar-refractivity contribution in [2.75, 3.05) is 13.2 Å². The van der Waals surface area contributed by atoms with Crippen LogP contribution in [0.4, 0.5) is 0 Å². The lowest BCUT2D eigenvalue weighted by Gasteiger charge is -2.18. The van der Waals surface area contributed by atoms with Crippen molar-refractivity contribution < 1.29 is 28.6 Å². The molecule has 0 aromatic heterocycles. The van der Waals surface area contributed by atoms with Crippen molar-refractivity contribution in [2.24, 2.45) is 11.8 Å². The predicted molar refractivity (Wildman–Crippen MR) is 238 cm³/mol. The van der Waals surface area contributed by atoms with E-state index >= 15 is 0 Å². The fraction of sp³-hybridized carbons (Fsp3) is 0.940. The lowest BCUT2D eigenvalue weighted by molar-refractivity contribution is -0.167. The highest BCUT2D eigenvalue weighted by Gasteiger charge is 2.19. The highest BCUT2D eigenvalue weighted by Crippen LogP contribution is 2.17. The number of rotatable bonds is 44. The van der Waals surface area contributed by atoms with Crippen LogP contribution in [0.2, 0.25) is 0 Å². The molecule has 0 N–H and O–H groups in total. The Morgan fingerprint density at radius 2 is 0.679 bits per heavy atom. The van der Waals surface area contributed by atoms with Gasteiger partial charge < -0.3 is 14.2 Å². The van der Waals surface area contributed by atoms with E-state index < -0.39 is 6.10 Å². The molecule has 0 aromatic rings. The van der Waals surface area contributed by atoms with E-state index in [0.29, 0.717) is 19.3 Å². The molecule has 0 fully saturated rings. The first-order valence-electron chi connectivity index (χ1n) is 24.8. The Morgan fingerprint density at radius 3 is 1.02 bits per heavy atom. The normalized spacial score (nSPS) is 12.5.